The zero-order valence-corrected chi connectivity index (χ0v) is 13.0. The number of hydrogen-bond donors (Lipinski definition) is 2. The summed E-state index contributed by atoms with van der Waals surface area (Å²) >= 11 is 0. The highest BCUT2D eigenvalue weighted by atomic mass is 32.2. The third-order valence-corrected chi connectivity index (χ3v) is 4.92. The lowest BCUT2D eigenvalue weighted by Gasteiger charge is -2.12. The van der Waals surface area contributed by atoms with Crippen molar-refractivity contribution in [3.05, 3.63) is 18.1 Å². The maximum Gasteiger partial charge on any atom is 0.270 e. The van der Waals surface area contributed by atoms with Gasteiger partial charge in [0.25, 0.3) is 5.91 Å². The molecule has 1 atom stereocenters. The molecule has 21 heavy (non-hydrogen) atoms. The number of rotatable bonds is 5. The molecule has 7 nitrogen and oxygen atoms in total. The fourth-order valence-electron chi connectivity index (χ4n) is 2.07. The molecule has 0 saturated carbocycles. The van der Waals surface area contributed by atoms with Gasteiger partial charge in [-0.25, -0.2) is 18.4 Å². The first-order valence-corrected chi connectivity index (χ1v) is 8.75. The summed E-state index contributed by atoms with van der Waals surface area (Å²) in [6.07, 6.45) is 1.86. The van der Waals surface area contributed by atoms with E-state index in [4.69, 9.17) is 0 Å². The van der Waals surface area contributed by atoms with Crippen molar-refractivity contribution in [2.45, 2.75) is 26.3 Å². The summed E-state index contributed by atoms with van der Waals surface area (Å²) in [5.41, 5.74) is 0.272. The number of carbonyl (C=O) groups is 1. The second-order valence-electron chi connectivity index (χ2n) is 5.64. The number of carbonyl (C=O) groups excluding carboxylic acids is 1. The van der Waals surface area contributed by atoms with E-state index in [9.17, 15) is 13.2 Å². The van der Waals surface area contributed by atoms with Crippen molar-refractivity contribution in [1.82, 2.24) is 15.3 Å². The molecule has 0 aliphatic carbocycles. The predicted molar refractivity (Wildman–Crippen MR) is 79.9 cm³/mol. The maximum absolute atomic E-state index is 11.9. The van der Waals surface area contributed by atoms with Crippen LogP contribution in [0.2, 0.25) is 0 Å². The molecule has 0 radical (unpaired) electrons. The van der Waals surface area contributed by atoms with E-state index in [1.807, 2.05) is 13.8 Å². The van der Waals surface area contributed by atoms with Gasteiger partial charge >= 0.3 is 0 Å². The van der Waals surface area contributed by atoms with Crippen molar-refractivity contribution >= 4 is 21.6 Å². The Balaban J connectivity index is 1.99. The number of anilines is 1. The minimum atomic E-state index is -2.95. The molecule has 8 heteroatoms. The van der Waals surface area contributed by atoms with Gasteiger partial charge in [0.1, 0.15) is 17.8 Å². The number of nitrogens with one attached hydrogen (secondary N) is 2. The van der Waals surface area contributed by atoms with Gasteiger partial charge in [0.2, 0.25) is 0 Å². The minimum absolute atomic E-state index is 0.103. The van der Waals surface area contributed by atoms with Crippen LogP contribution in [0, 0.1) is 5.92 Å². The quantitative estimate of drug-likeness (QED) is 0.819. The molecule has 1 aromatic heterocycles. The van der Waals surface area contributed by atoms with Crippen LogP contribution in [0.15, 0.2) is 12.4 Å². The summed E-state index contributed by atoms with van der Waals surface area (Å²) in [4.78, 5) is 19.9. The summed E-state index contributed by atoms with van der Waals surface area (Å²) in [6.45, 7) is 4.59. The Morgan fingerprint density at radius 1 is 1.43 bits per heavy atom. The van der Waals surface area contributed by atoms with Gasteiger partial charge in [-0.05, 0) is 12.3 Å². The zero-order chi connectivity index (χ0) is 15.5. The Kier molecular flexibility index (Phi) is 4.76. The van der Waals surface area contributed by atoms with Crippen LogP contribution in [0.4, 0.5) is 5.82 Å². The number of sulfone groups is 1. The van der Waals surface area contributed by atoms with Gasteiger partial charge < -0.3 is 10.6 Å². The molecule has 1 aromatic rings. The minimum Gasteiger partial charge on any atom is -0.366 e. The van der Waals surface area contributed by atoms with E-state index >= 15 is 0 Å². The van der Waals surface area contributed by atoms with Crippen molar-refractivity contribution in [3.8, 4) is 0 Å². The fraction of sp³-hybridized carbons (Fsp3) is 0.615. The normalized spacial score (nSPS) is 20.4. The third kappa shape index (κ3) is 4.66. The Hall–Kier alpha value is -1.70. The van der Waals surface area contributed by atoms with Crippen LogP contribution in [0.25, 0.3) is 0 Å². The van der Waals surface area contributed by atoms with Crippen LogP contribution < -0.4 is 10.6 Å². The van der Waals surface area contributed by atoms with E-state index in [2.05, 4.69) is 20.6 Å². The Morgan fingerprint density at radius 2 is 2.19 bits per heavy atom. The number of nitrogens with zero attached hydrogens (tertiary/aromatic N) is 2. The first kappa shape index (κ1) is 15.7. The fourth-order valence-corrected chi connectivity index (χ4v) is 3.74. The van der Waals surface area contributed by atoms with Gasteiger partial charge in [-0.15, -0.1) is 0 Å². The molecule has 1 saturated heterocycles. The number of aromatic nitrogens is 2. The molecule has 1 unspecified atom stereocenters. The molecule has 1 aliphatic rings. The van der Waals surface area contributed by atoms with Gasteiger partial charge in [-0.3, -0.25) is 4.79 Å². The first-order valence-electron chi connectivity index (χ1n) is 6.93. The third-order valence-electron chi connectivity index (χ3n) is 3.16. The van der Waals surface area contributed by atoms with Crippen LogP contribution in [0.3, 0.4) is 0 Å². The van der Waals surface area contributed by atoms with Gasteiger partial charge in [-0.2, -0.15) is 0 Å². The maximum atomic E-state index is 11.9. The van der Waals surface area contributed by atoms with E-state index < -0.39 is 9.84 Å². The van der Waals surface area contributed by atoms with Crippen molar-refractivity contribution in [2.24, 2.45) is 5.92 Å². The van der Waals surface area contributed by atoms with Crippen LogP contribution >= 0.6 is 0 Å². The van der Waals surface area contributed by atoms with E-state index in [0.717, 1.165) is 0 Å². The Morgan fingerprint density at radius 3 is 2.81 bits per heavy atom. The van der Waals surface area contributed by atoms with Crippen molar-refractivity contribution in [3.63, 3.8) is 0 Å². The SMILES string of the molecule is CC(C)CNC(=O)c1cc(NC2CCS(=O)(=O)C2)ncn1. The smallest absolute Gasteiger partial charge is 0.270 e. The molecule has 1 amide bonds. The average molecular weight is 312 g/mol. The van der Waals surface area contributed by atoms with Gasteiger partial charge in [0.15, 0.2) is 9.84 Å². The average Bonchev–Trinajstić information content (AvgIpc) is 2.75. The van der Waals surface area contributed by atoms with Gasteiger partial charge in [0.05, 0.1) is 11.5 Å². The lowest BCUT2D eigenvalue weighted by molar-refractivity contribution is 0.0944. The summed E-state index contributed by atoms with van der Waals surface area (Å²) < 4.78 is 22.8. The zero-order valence-electron chi connectivity index (χ0n) is 12.2. The van der Waals surface area contributed by atoms with Crippen LogP contribution in [0.1, 0.15) is 30.8 Å². The Labute approximate surface area is 124 Å². The van der Waals surface area contributed by atoms with Crippen molar-refractivity contribution in [2.75, 3.05) is 23.4 Å². The van der Waals surface area contributed by atoms with Crippen LogP contribution in [-0.4, -0.2) is 48.4 Å². The lowest BCUT2D eigenvalue weighted by atomic mass is 10.2. The molecule has 1 fully saturated rings. The van der Waals surface area contributed by atoms with Crippen LogP contribution in [-0.2, 0) is 9.84 Å². The highest BCUT2D eigenvalue weighted by molar-refractivity contribution is 7.91. The highest BCUT2D eigenvalue weighted by Gasteiger charge is 2.28. The van der Waals surface area contributed by atoms with Crippen molar-refractivity contribution < 1.29 is 13.2 Å². The molecule has 2 rings (SSSR count). The Bertz CT molecular complexity index is 616. The summed E-state index contributed by atoms with van der Waals surface area (Å²) in [5.74, 6) is 0.871. The molecular weight excluding hydrogens is 292 g/mol. The monoisotopic (exact) mass is 312 g/mol. The predicted octanol–water partition coefficient (Wildman–Crippen LogP) is 0.461. The lowest BCUT2D eigenvalue weighted by Crippen LogP contribution is -2.28. The summed E-state index contributed by atoms with van der Waals surface area (Å²) in [5, 5.41) is 5.83. The topological polar surface area (TPSA) is 101 Å². The summed E-state index contributed by atoms with van der Waals surface area (Å²) in [7, 11) is -2.95. The standard InChI is InChI=1S/C13H20N4O3S/c1-9(2)6-14-13(18)11-5-12(16-8-15-11)17-10-3-4-21(19,20)7-10/h5,8-10H,3-4,6-7H2,1-2H3,(H,14,18)(H,15,16,17). The van der Waals surface area contributed by atoms with Gasteiger partial charge in [0, 0.05) is 18.7 Å². The van der Waals surface area contributed by atoms with E-state index in [0.29, 0.717) is 24.7 Å². The molecule has 2 N–H and O–H groups in total. The number of hydrogen-bond acceptors (Lipinski definition) is 6. The highest BCUT2D eigenvalue weighted by Crippen LogP contribution is 2.16. The largest absolute Gasteiger partial charge is 0.366 e. The molecule has 0 aromatic carbocycles. The molecule has 2 heterocycles. The first-order chi connectivity index (χ1) is 9.85. The molecule has 0 spiro atoms. The van der Waals surface area contributed by atoms with Crippen LogP contribution in [0.5, 0.6) is 0 Å². The second kappa shape index (κ2) is 6.38. The second-order valence-corrected chi connectivity index (χ2v) is 7.87. The van der Waals surface area contributed by atoms with E-state index in [1.165, 1.54) is 6.33 Å². The van der Waals surface area contributed by atoms with E-state index in [1.54, 1.807) is 6.07 Å². The number of amides is 1. The molecule has 116 valence electrons. The van der Waals surface area contributed by atoms with Crippen molar-refractivity contribution in [1.29, 1.82) is 0 Å². The summed E-state index contributed by atoms with van der Waals surface area (Å²) in [6, 6.07) is 1.39. The molecular formula is C13H20N4O3S. The molecule has 1 aliphatic heterocycles. The molecule has 0 bridgehead atoms. The van der Waals surface area contributed by atoms with E-state index in [-0.39, 0.29) is 29.1 Å². The van der Waals surface area contributed by atoms with Gasteiger partial charge in [-0.1, -0.05) is 13.8 Å².